The lowest BCUT2D eigenvalue weighted by atomic mass is 9.96. The number of hydrogen-bond acceptors (Lipinski definition) is 9. The van der Waals surface area contributed by atoms with Gasteiger partial charge in [0.05, 0.1) is 6.61 Å². The molecule has 3 heterocycles. The van der Waals surface area contributed by atoms with Crippen LogP contribution in [0.5, 0.6) is 0 Å². The van der Waals surface area contributed by atoms with Gasteiger partial charge in [-0.25, -0.2) is 9.55 Å². The first kappa shape index (κ1) is 19.6. The number of nitrogens with two attached hydrogens (primary N) is 1. The number of aromatic nitrogens is 4. The van der Waals surface area contributed by atoms with Crippen molar-refractivity contribution in [3.63, 3.8) is 0 Å². The van der Waals surface area contributed by atoms with Gasteiger partial charge >= 0.3 is 7.82 Å². The number of nitrogens with zero attached hydrogens (tertiary/aromatic N) is 3. The summed E-state index contributed by atoms with van der Waals surface area (Å²) in [6.45, 7) is 0.593. The van der Waals surface area contributed by atoms with Gasteiger partial charge in [-0.2, -0.15) is 4.98 Å². The Hall–Kier alpha value is -1.13. The molecular weight excluding hydrogens is 488 g/mol. The minimum atomic E-state index is -4.80. The molecule has 1 saturated heterocycles. The summed E-state index contributed by atoms with van der Waals surface area (Å²) in [4.78, 5) is 39.9. The molecule has 0 bridgehead atoms. The van der Waals surface area contributed by atoms with E-state index in [-0.39, 0.29) is 20.9 Å². The number of nitrogen functional groups attached to an aromatic ring is 1. The third-order valence-corrected chi connectivity index (χ3v) is 5.17. The van der Waals surface area contributed by atoms with Gasteiger partial charge in [-0.3, -0.25) is 18.9 Å². The average molecular weight is 503 g/mol. The van der Waals surface area contributed by atoms with E-state index in [2.05, 4.69) is 19.5 Å². The lowest BCUT2D eigenvalue weighted by molar-refractivity contribution is -0.0960. The summed E-state index contributed by atoms with van der Waals surface area (Å²) in [6.07, 6.45) is -4.07. The predicted molar refractivity (Wildman–Crippen MR) is 93.8 cm³/mol. The van der Waals surface area contributed by atoms with E-state index >= 15 is 0 Å². The second-order valence-corrected chi connectivity index (χ2v) is 8.06. The molecule has 4 atom stereocenters. The van der Waals surface area contributed by atoms with Crippen molar-refractivity contribution < 1.29 is 33.8 Å². The maximum Gasteiger partial charge on any atom is 0.469 e. The van der Waals surface area contributed by atoms with E-state index < -0.39 is 44.0 Å². The zero-order chi connectivity index (χ0) is 19.4. The fourth-order valence-electron chi connectivity index (χ4n) is 2.71. The minimum Gasteiger partial charge on any atom is -0.387 e. The number of imidazole rings is 1. The normalized spacial score (nSPS) is 29.5. The molecule has 0 amide bonds. The smallest absolute Gasteiger partial charge is 0.387 e. The van der Waals surface area contributed by atoms with Crippen LogP contribution in [0.15, 0.2) is 4.79 Å². The Kier molecular flexibility index (Phi) is 4.90. The van der Waals surface area contributed by atoms with Crippen molar-refractivity contribution in [2.45, 2.75) is 31.0 Å². The van der Waals surface area contributed by atoms with Gasteiger partial charge in [-0.05, 0) is 6.92 Å². The first-order chi connectivity index (χ1) is 11.9. The lowest BCUT2D eigenvalue weighted by Gasteiger charge is -2.27. The van der Waals surface area contributed by atoms with Crippen LogP contribution in [0.1, 0.15) is 13.2 Å². The van der Waals surface area contributed by atoms with E-state index in [4.69, 9.17) is 20.3 Å². The molecule has 1 aliphatic rings. The number of H-pyrrole nitrogens is 1. The van der Waals surface area contributed by atoms with Crippen molar-refractivity contribution in [2.24, 2.45) is 0 Å². The van der Waals surface area contributed by atoms with E-state index in [0.29, 0.717) is 0 Å². The van der Waals surface area contributed by atoms with Crippen molar-refractivity contribution in [3.05, 3.63) is 14.2 Å². The maximum atomic E-state index is 12.0. The zero-order valence-corrected chi connectivity index (χ0v) is 16.2. The van der Waals surface area contributed by atoms with Gasteiger partial charge in [-0.1, -0.05) is 0 Å². The summed E-state index contributed by atoms with van der Waals surface area (Å²) < 4.78 is 22.3. The number of phosphoric acid groups is 1. The molecule has 2 aromatic rings. The van der Waals surface area contributed by atoms with Gasteiger partial charge in [0.2, 0.25) is 5.95 Å². The summed E-state index contributed by atoms with van der Waals surface area (Å²) in [6, 6.07) is 0. The van der Waals surface area contributed by atoms with Crippen LogP contribution in [0.25, 0.3) is 11.2 Å². The first-order valence-corrected chi connectivity index (χ1v) is 9.72. The summed E-state index contributed by atoms with van der Waals surface area (Å²) in [5.74, 6) is -0.181. The molecule has 144 valence electrons. The number of aliphatic hydroxyl groups is 2. The topological polar surface area (TPSA) is 206 Å². The summed E-state index contributed by atoms with van der Waals surface area (Å²) in [5.41, 5.74) is 3.02. The number of aliphatic hydroxyl groups excluding tert-OH is 1. The highest BCUT2D eigenvalue weighted by atomic mass is 127. The van der Waals surface area contributed by atoms with Crippen molar-refractivity contribution in [1.82, 2.24) is 19.5 Å². The highest BCUT2D eigenvalue weighted by Gasteiger charge is 2.54. The number of nitrogens with one attached hydrogen (secondary N) is 1. The van der Waals surface area contributed by atoms with Crippen molar-refractivity contribution >= 4 is 47.5 Å². The number of aromatic amines is 1. The van der Waals surface area contributed by atoms with Crippen LogP contribution in [0.4, 0.5) is 5.95 Å². The standard InChI is InChI=1S/C11H15IN5O8P/c1-11(20)5(18)3(2-24-26(21,22)23)25-8(11)17-6-4(14-9(17)12)7(19)16-10(13)15-6/h3,5,8,18,20H,2H2,1H3,(H2,21,22,23)(H3,13,15,16,19)/t3-,5-,8?,11-/m1/s1. The van der Waals surface area contributed by atoms with Gasteiger partial charge in [0, 0.05) is 22.6 Å². The summed E-state index contributed by atoms with van der Waals surface area (Å²) in [7, 11) is -4.80. The molecule has 1 unspecified atom stereocenters. The fraction of sp³-hybridized carbons (Fsp3) is 0.545. The highest BCUT2D eigenvalue weighted by molar-refractivity contribution is 14.1. The van der Waals surface area contributed by atoms with Gasteiger partial charge in [0.25, 0.3) is 5.56 Å². The molecule has 13 nitrogen and oxygen atoms in total. The number of halogens is 1. The molecule has 0 saturated carbocycles. The number of phosphoric ester groups is 1. The van der Waals surface area contributed by atoms with Gasteiger partial charge < -0.3 is 30.5 Å². The molecule has 1 fully saturated rings. The van der Waals surface area contributed by atoms with Gasteiger partial charge in [0.15, 0.2) is 21.2 Å². The van der Waals surface area contributed by atoms with Gasteiger partial charge in [0.1, 0.15) is 17.8 Å². The second-order valence-electron chi connectivity index (χ2n) is 5.86. The molecule has 1 aliphatic heterocycles. The fourth-order valence-corrected chi connectivity index (χ4v) is 3.77. The third-order valence-electron chi connectivity index (χ3n) is 3.92. The number of fused-ring (bicyclic) bond motifs is 1. The van der Waals surface area contributed by atoms with Crippen LogP contribution >= 0.6 is 30.4 Å². The number of anilines is 1. The highest BCUT2D eigenvalue weighted by Crippen LogP contribution is 2.43. The van der Waals surface area contributed by atoms with Crippen LogP contribution in [-0.4, -0.2) is 63.9 Å². The van der Waals surface area contributed by atoms with E-state index in [0.717, 1.165) is 0 Å². The molecule has 0 aliphatic carbocycles. The molecule has 3 rings (SSSR count). The Labute approximate surface area is 158 Å². The maximum absolute atomic E-state index is 12.0. The van der Waals surface area contributed by atoms with Crippen molar-refractivity contribution in [3.8, 4) is 0 Å². The van der Waals surface area contributed by atoms with Crippen LogP contribution in [0.2, 0.25) is 0 Å². The van der Waals surface area contributed by atoms with Gasteiger partial charge in [-0.15, -0.1) is 0 Å². The summed E-state index contributed by atoms with van der Waals surface area (Å²) in [5, 5.41) is 21.0. The van der Waals surface area contributed by atoms with E-state index in [1.807, 2.05) is 0 Å². The van der Waals surface area contributed by atoms with E-state index in [1.54, 1.807) is 22.6 Å². The van der Waals surface area contributed by atoms with Crippen molar-refractivity contribution in [1.29, 1.82) is 0 Å². The Balaban J connectivity index is 2.04. The summed E-state index contributed by atoms with van der Waals surface area (Å²) >= 11 is 1.79. The molecule has 0 spiro atoms. The third kappa shape index (κ3) is 3.38. The van der Waals surface area contributed by atoms with Crippen LogP contribution < -0.4 is 11.3 Å². The predicted octanol–water partition coefficient (Wildman–Crippen LogP) is -1.58. The number of hydrogen-bond donors (Lipinski definition) is 6. The van der Waals surface area contributed by atoms with Crippen LogP contribution in [0.3, 0.4) is 0 Å². The molecule has 0 radical (unpaired) electrons. The molecular formula is C11H15IN5O8P. The Morgan fingerprint density at radius 2 is 2.15 bits per heavy atom. The average Bonchev–Trinajstić information content (AvgIpc) is 2.92. The number of ether oxygens (including phenoxy) is 1. The largest absolute Gasteiger partial charge is 0.469 e. The monoisotopic (exact) mass is 503 g/mol. The van der Waals surface area contributed by atoms with E-state index in [1.165, 1.54) is 11.5 Å². The van der Waals surface area contributed by atoms with E-state index in [9.17, 15) is 19.6 Å². The SMILES string of the molecule is C[C@]1(O)C(n2c(I)nc3c(=O)[nH]c(N)nc32)O[C@H](COP(=O)(O)O)[C@H]1O. The Bertz CT molecular complexity index is 954. The molecule has 2 aromatic heterocycles. The molecule has 26 heavy (non-hydrogen) atoms. The Morgan fingerprint density at radius 3 is 2.77 bits per heavy atom. The molecule has 7 N–H and O–H groups in total. The zero-order valence-electron chi connectivity index (χ0n) is 13.1. The second kappa shape index (κ2) is 6.49. The minimum absolute atomic E-state index is 0.0182. The Morgan fingerprint density at radius 1 is 1.50 bits per heavy atom. The number of rotatable bonds is 4. The molecule has 15 heteroatoms. The first-order valence-electron chi connectivity index (χ1n) is 7.11. The molecule has 0 aromatic carbocycles. The lowest BCUT2D eigenvalue weighted by Crippen LogP contribution is -2.44. The van der Waals surface area contributed by atoms with Crippen molar-refractivity contribution in [2.75, 3.05) is 12.3 Å². The quantitative estimate of drug-likeness (QED) is 0.160. The van der Waals surface area contributed by atoms with Crippen LogP contribution in [0, 0.1) is 3.83 Å². The van der Waals surface area contributed by atoms with Crippen LogP contribution in [-0.2, 0) is 13.8 Å².